The number of amides is 1. The molecule has 3 rings (SSSR count). The molecule has 0 aliphatic rings. The first-order valence-electron chi connectivity index (χ1n) is 9.95. The third-order valence-corrected chi connectivity index (χ3v) is 6.14. The van der Waals surface area contributed by atoms with Crippen molar-refractivity contribution in [3.8, 4) is 5.75 Å². The van der Waals surface area contributed by atoms with Crippen LogP contribution in [0.15, 0.2) is 66.7 Å². The van der Waals surface area contributed by atoms with E-state index in [2.05, 4.69) is 5.32 Å². The lowest BCUT2D eigenvalue weighted by Crippen LogP contribution is -2.33. The fourth-order valence-electron chi connectivity index (χ4n) is 3.25. The second kappa shape index (κ2) is 10.5. The van der Waals surface area contributed by atoms with Crippen molar-refractivity contribution in [2.75, 3.05) is 30.3 Å². The predicted octanol–water partition coefficient (Wildman–Crippen LogP) is 4.23. The lowest BCUT2D eigenvalue weighted by molar-refractivity contribution is -0.121. The molecule has 1 amide bonds. The van der Waals surface area contributed by atoms with Crippen molar-refractivity contribution in [1.29, 1.82) is 0 Å². The number of rotatable bonds is 10. The van der Waals surface area contributed by atoms with Crippen LogP contribution < -0.4 is 14.4 Å². The Kier molecular flexibility index (Phi) is 7.76. The van der Waals surface area contributed by atoms with Crippen LogP contribution in [0.25, 0.3) is 10.8 Å². The molecule has 0 aliphatic heterocycles. The van der Waals surface area contributed by atoms with Crippen molar-refractivity contribution in [3.05, 3.63) is 71.8 Å². The zero-order valence-corrected chi connectivity index (χ0v) is 18.8. The molecule has 0 saturated heterocycles. The summed E-state index contributed by atoms with van der Waals surface area (Å²) in [6, 6.07) is 20.2. The molecular formula is C23H25ClN2O4S. The van der Waals surface area contributed by atoms with Gasteiger partial charge in [-0.1, -0.05) is 48.0 Å². The summed E-state index contributed by atoms with van der Waals surface area (Å²) in [6.07, 6.45) is 1.81. The minimum atomic E-state index is -3.49. The number of hydrogen-bond acceptors (Lipinski definition) is 4. The minimum absolute atomic E-state index is 0.147. The molecule has 164 valence electrons. The number of hydrogen-bond donors (Lipinski definition) is 1. The SMILES string of the molecule is CS(=O)(=O)N(CCCC(=O)NCCOc1ccc(Cl)cc1)c1cccc2ccccc12. The molecule has 1 N–H and O–H groups in total. The Morgan fingerprint density at radius 1 is 1.03 bits per heavy atom. The molecule has 0 radical (unpaired) electrons. The smallest absolute Gasteiger partial charge is 0.232 e. The fraction of sp³-hybridized carbons (Fsp3) is 0.261. The molecule has 8 heteroatoms. The monoisotopic (exact) mass is 460 g/mol. The molecule has 0 heterocycles. The van der Waals surface area contributed by atoms with Crippen molar-refractivity contribution in [2.24, 2.45) is 0 Å². The Hall–Kier alpha value is -2.77. The highest BCUT2D eigenvalue weighted by Crippen LogP contribution is 2.28. The van der Waals surface area contributed by atoms with Crippen LogP contribution in [-0.4, -0.2) is 40.3 Å². The van der Waals surface area contributed by atoms with E-state index in [4.69, 9.17) is 16.3 Å². The van der Waals surface area contributed by atoms with Crippen LogP contribution in [0.2, 0.25) is 5.02 Å². The van der Waals surface area contributed by atoms with E-state index in [1.165, 1.54) is 10.6 Å². The van der Waals surface area contributed by atoms with Crippen LogP contribution in [0.3, 0.4) is 0 Å². The fourth-order valence-corrected chi connectivity index (χ4v) is 4.36. The van der Waals surface area contributed by atoms with Crippen LogP contribution in [-0.2, 0) is 14.8 Å². The Balaban J connectivity index is 1.51. The number of carbonyl (C=O) groups is 1. The normalized spacial score (nSPS) is 11.3. The van der Waals surface area contributed by atoms with Gasteiger partial charge in [0.15, 0.2) is 0 Å². The molecule has 0 unspecified atom stereocenters. The molecule has 0 atom stereocenters. The summed E-state index contributed by atoms with van der Waals surface area (Å²) in [5.74, 6) is 0.531. The molecule has 0 spiro atoms. The predicted molar refractivity (Wildman–Crippen MR) is 125 cm³/mol. The molecule has 0 saturated carbocycles. The first-order chi connectivity index (χ1) is 14.8. The summed E-state index contributed by atoms with van der Waals surface area (Å²) in [6.45, 7) is 0.918. The van der Waals surface area contributed by atoms with Crippen molar-refractivity contribution in [2.45, 2.75) is 12.8 Å². The van der Waals surface area contributed by atoms with Gasteiger partial charge in [-0.25, -0.2) is 8.42 Å². The zero-order chi connectivity index (χ0) is 22.3. The molecule has 0 fully saturated rings. The number of halogens is 1. The summed E-state index contributed by atoms with van der Waals surface area (Å²) < 4.78 is 31.7. The Labute approximate surface area is 187 Å². The van der Waals surface area contributed by atoms with Crippen LogP contribution >= 0.6 is 11.6 Å². The second-order valence-corrected chi connectivity index (χ2v) is 9.43. The average Bonchev–Trinajstić information content (AvgIpc) is 2.74. The Morgan fingerprint density at radius 2 is 1.74 bits per heavy atom. The largest absolute Gasteiger partial charge is 0.492 e. The Bertz CT molecular complexity index is 1130. The maximum atomic E-state index is 12.4. The van der Waals surface area contributed by atoms with E-state index in [0.717, 1.165) is 10.8 Å². The third-order valence-electron chi connectivity index (χ3n) is 4.71. The van der Waals surface area contributed by atoms with Crippen molar-refractivity contribution < 1.29 is 17.9 Å². The summed E-state index contributed by atoms with van der Waals surface area (Å²) in [5, 5.41) is 5.25. The van der Waals surface area contributed by atoms with E-state index in [1.807, 2.05) is 36.4 Å². The molecular weight excluding hydrogens is 436 g/mol. The minimum Gasteiger partial charge on any atom is -0.492 e. The number of anilines is 1. The lowest BCUT2D eigenvalue weighted by Gasteiger charge is -2.24. The number of nitrogens with one attached hydrogen (secondary N) is 1. The zero-order valence-electron chi connectivity index (χ0n) is 17.3. The topological polar surface area (TPSA) is 75.7 Å². The van der Waals surface area contributed by atoms with Crippen molar-refractivity contribution in [1.82, 2.24) is 5.32 Å². The van der Waals surface area contributed by atoms with Gasteiger partial charge in [-0.2, -0.15) is 0 Å². The average molecular weight is 461 g/mol. The molecule has 0 bridgehead atoms. The summed E-state index contributed by atoms with van der Waals surface area (Å²) in [5.41, 5.74) is 0.623. The standard InChI is InChI=1S/C23H25ClN2O4S/c1-31(28,29)26(22-9-4-7-18-6-2-3-8-21(18)22)16-5-10-23(27)25-15-17-30-20-13-11-19(24)12-14-20/h2-4,6-9,11-14H,5,10,15-17H2,1H3,(H,25,27). The number of carbonyl (C=O) groups excluding carboxylic acids is 1. The number of ether oxygens (including phenoxy) is 1. The maximum absolute atomic E-state index is 12.4. The van der Waals surface area contributed by atoms with Crippen LogP contribution in [0, 0.1) is 0 Å². The van der Waals surface area contributed by atoms with Gasteiger partial charge < -0.3 is 10.1 Å². The second-order valence-electron chi connectivity index (χ2n) is 7.09. The van der Waals surface area contributed by atoms with E-state index in [9.17, 15) is 13.2 Å². The highest BCUT2D eigenvalue weighted by molar-refractivity contribution is 7.92. The van der Waals surface area contributed by atoms with E-state index < -0.39 is 10.0 Å². The first kappa shape index (κ1) is 22.9. The van der Waals surface area contributed by atoms with Gasteiger partial charge in [0.05, 0.1) is 18.5 Å². The molecule has 0 aliphatic carbocycles. The maximum Gasteiger partial charge on any atom is 0.232 e. The number of nitrogens with zero attached hydrogens (tertiary/aromatic N) is 1. The Morgan fingerprint density at radius 3 is 2.48 bits per heavy atom. The first-order valence-corrected chi connectivity index (χ1v) is 12.2. The van der Waals surface area contributed by atoms with Gasteiger partial charge in [0.1, 0.15) is 12.4 Å². The summed E-state index contributed by atoms with van der Waals surface area (Å²) in [7, 11) is -3.49. The van der Waals surface area contributed by atoms with Crippen molar-refractivity contribution >= 4 is 44.0 Å². The van der Waals surface area contributed by atoms with Gasteiger partial charge in [0, 0.05) is 23.4 Å². The molecule has 6 nitrogen and oxygen atoms in total. The number of sulfonamides is 1. The highest BCUT2D eigenvalue weighted by atomic mass is 35.5. The van der Waals surface area contributed by atoms with E-state index in [0.29, 0.717) is 36.0 Å². The van der Waals surface area contributed by atoms with E-state index in [1.54, 1.807) is 30.3 Å². The third kappa shape index (κ3) is 6.60. The summed E-state index contributed by atoms with van der Waals surface area (Å²) >= 11 is 5.83. The van der Waals surface area contributed by atoms with Crippen molar-refractivity contribution in [3.63, 3.8) is 0 Å². The quantitative estimate of drug-likeness (QED) is 0.459. The van der Waals surface area contributed by atoms with Gasteiger partial charge >= 0.3 is 0 Å². The van der Waals surface area contributed by atoms with E-state index in [-0.39, 0.29) is 18.9 Å². The molecule has 3 aromatic carbocycles. The highest BCUT2D eigenvalue weighted by Gasteiger charge is 2.19. The van der Waals surface area contributed by atoms with Crippen LogP contribution in [0.4, 0.5) is 5.69 Å². The van der Waals surface area contributed by atoms with Gasteiger partial charge in [-0.3, -0.25) is 9.10 Å². The molecule has 3 aromatic rings. The van der Waals surface area contributed by atoms with Gasteiger partial charge in [0.2, 0.25) is 15.9 Å². The van der Waals surface area contributed by atoms with Crippen LogP contribution in [0.5, 0.6) is 5.75 Å². The summed E-state index contributed by atoms with van der Waals surface area (Å²) in [4.78, 5) is 12.1. The van der Waals surface area contributed by atoms with Gasteiger partial charge in [0.25, 0.3) is 0 Å². The number of benzene rings is 3. The van der Waals surface area contributed by atoms with Gasteiger partial charge in [-0.15, -0.1) is 0 Å². The van der Waals surface area contributed by atoms with Gasteiger partial charge in [-0.05, 0) is 42.1 Å². The molecule has 0 aromatic heterocycles. The van der Waals surface area contributed by atoms with Crippen LogP contribution in [0.1, 0.15) is 12.8 Å². The number of fused-ring (bicyclic) bond motifs is 1. The van der Waals surface area contributed by atoms with E-state index >= 15 is 0 Å². The molecule has 31 heavy (non-hydrogen) atoms. The lowest BCUT2D eigenvalue weighted by atomic mass is 10.1.